The highest BCUT2D eigenvalue weighted by Crippen LogP contribution is 2.38. The number of hydrogen-bond acceptors (Lipinski definition) is 1. The maximum atomic E-state index is 12.8. The molecule has 0 saturated heterocycles. The van der Waals surface area contributed by atoms with Crippen molar-refractivity contribution in [2.24, 2.45) is 16.6 Å². The number of alkyl halides is 2. The molecule has 0 bridgehead atoms. The highest BCUT2D eigenvalue weighted by molar-refractivity contribution is 5.78. The van der Waals surface area contributed by atoms with Gasteiger partial charge in [-0.2, -0.15) is 0 Å². The van der Waals surface area contributed by atoms with E-state index in [-0.39, 0.29) is 18.8 Å². The zero-order valence-electron chi connectivity index (χ0n) is 8.68. The van der Waals surface area contributed by atoms with Gasteiger partial charge in [0.2, 0.25) is 5.92 Å². The number of halogens is 2. The first-order valence-corrected chi connectivity index (χ1v) is 5.49. The Kier molecular flexibility index (Phi) is 2.80. The first-order chi connectivity index (χ1) is 7.05. The molecule has 0 aromatic rings. The SMILES string of the molecule is NC(=NCC1CCC(F)(F)C1)NC1CC1. The molecule has 2 aliphatic carbocycles. The Morgan fingerprint density at radius 2 is 2.13 bits per heavy atom. The van der Waals surface area contributed by atoms with Gasteiger partial charge in [-0.1, -0.05) is 0 Å². The number of hydrogen-bond donors (Lipinski definition) is 2. The lowest BCUT2D eigenvalue weighted by atomic mass is 10.1. The summed E-state index contributed by atoms with van der Waals surface area (Å²) in [7, 11) is 0. The summed E-state index contributed by atoms with van der Waals surface area (Å²) < 4.78 is 25.7. The fourth-order valence-corrected chi connectivity index (χ4v) is 1.91. The van der Waals surface area contributed by atoms with E-state index in [4.69, 9.17) is 5.73 Å². The van der Waals surface area contributed by atoms with Crippen LogP contribution in [0.2, 0.25) is 0 Å². The Balaban J connectivity index is 1.72. The van der Waals surface area contributed by atoms with Crippen LogP contribution in [0.5, 0.6) is 0 Å². The van der Waals surface area contributed by atoms with E-state index in [1.165, 1.54) is 0 Å². The maximum Gasteiger partial charge on any atom is 0.248 e. The Morgan fingerprint density at radius 1 is 1.40 bits per heavy atom. The summed E-state index contributed by atoms with van der Waals surface area (Å²) in [5.74, 6) is -2.06. The van der Waals surface area contributed by atoms with Gasteiger partial charge in [-0.15, -0.1) is 0 Å². The van der Waals surface area contributed by atoms with Crippen LogP contribution in [0.15, 0.2) is 4.99 Å². The Labute approximate surface area is 88.1 Å². The second-order valence-electron chi connectivity index (χ2n) is 4.61. The minimum atomic E-state index is -2.47. The third-order valence-electron chi connectivity index (χ3n) is 2.95. The fraction of sp³-hybridized carbons (Fsp3) is 0.900. The highest BCUT2D eigenvalue weighted by Gasteiger charge is 2.39. The number of rotatable bonds is 3. The van der Waals surface area contributed by atoms with Crippen LogP contribution in [0.3, 0.4) is 0 Å². The van der Waals surface area contributed by atoms with Crippen molar-refractivity contribution in [3.8, 4) is 0 Å². The van der Waals surface area contributed by atoms with Crippen molar-refractivity contribution in [3.05, 3.63) is 0 Å². The number of nitrogens with one attached hydrogen (secondary N) is 1. The minimum Gasteiger partial charge on any atom is -0.370 e. The van der Waals surface area contributed by atoms with Gasteiger partial charge in [-0.05, 0) is 25.2 Å². The Hall–Kier alpha value is -0.870. The monoisotopic (exact) mass is 217 g/mol. The molecule has 0 aromatic heterocycles. The van der Waals surface area contributed by atoms with Crippen molar-refractivity contribution in [2.45, 2.75) is 44.1 Å². The van der Waals surface area contributed by atoms with Crippen LogP contribution in [0.1, 0.15) is 32.1 Å². The van der Waals surface area contributed by atoms with Gasteiger partial charge < -0.3 is 11.1 Å². The van der Waals surface area contributed by atoms with Gasteiger partial charge in [0.1, 0.15) is 0 Å². The molecular weight excluding hydrogens is 200 g/mol. The molecule has 1 unspecified atom stereocenters. The molecule has 2 fully saturated rings. The van der Waals surface area contributed by atoms with E-state index >= 15 is 0 Å². The summed E-state index contributed by atoms with van der Waals surface area (Å²) in [5.41, 5.74) is 5.61. The minimum absolute atomic E-state index is 0.000414. The molecule has 3 N–H and O–H groups in total. The molecule has 0 aromatic carbocycles. The van der Waals surface area contributed by atoms with E-state index in [2.05, 4.69) is 10.3 Å². The maximum absolute atomic E-state index is 12.8. The van der Waals surface area contributed by atoms with Gasteiger partial charge in [-0.3, -0.25) is 4.99 Å². The highest BCUT2D eigenvalue weighted by atomic mass is 19.3. The predicted octanol–water partition coefficient (Wildman–Crippen LogP) is 1.49. The molecule has 0 heterocycles. The normalized spacial score (nSPS) is 30.5. The molecule has 5 heteroatoms. The van der Waals surface area contributed by atoms with Crippen LogP contribution in [-0.2, 0) is 0 Å². The second kappa shape index (κ2) is 3.94. The van der Waals surface area contributed by atoms with Crippen LogP contribution >= 0.6 is 0 Å². The summed E-state index contributed by atoms with van der Waals surface area (Å²) in [6, 6.07) is 0.471. The summed E-state index contributed by atoms with van der Waals surface area (Å²) in [4.78, 5) is 4.10. The van der Waals surface area contributed by atoms with E-state index in [9.17, 15) is 8.78 Å². The molecule has 0 spiro atoms. The average Bonchev–Trinajstić information content (AvgIpc) is 2.87. The van der Waals surface area contributed by atoms with Crippen molar-refractivity contribution >= 4 is 5.96 Å². The molecule has 0 radical (unpaired) electrons. The van der Waals surface area contributed by atoms with E-state index in [1.54, 1.807) is 0 Å². The smallest absolute Gasteiger partial charge is 0.248 e. The molecule has 3 nitrogen and oxygen atoms in total. The summed E-state index contributed by atoms with van der Waals surface area (Å²) in [6.07, 6.45) is 2.80. The van der Waals surface area contributed by atoms with Crippen LogP contribution < -0.4 is 11.1 Å². The Morgan fingerprint density at radius 3 is 2.67 bits per heavy atom. The van der Waals surface area contributed by atoms with Crippen molar-refractivity contribution < 1.29 is 8.78 Å². The molecule has 2 saturated carbocycles. The lowest BCUT2D eigenvalue weighted by Crippen LogP contribution is -2.33. The first-order valence-electron chi connectivity index (χ1n) is 5.49. The molecule has 2 rings (SSSR count). The topological polar surface area (TPSA) is 50.4 Å². The molecule has 2 aliphatic rings. The quantitative estimate of drug-likeness (QED) is 0.556. The predicted molar refractivity (Wildman–Crippen MR) is 54.9 cm³/mol. The number of nitrogens with zero attached hydrogens (tertiary/aromatic N) is 1. The second-order valence-corrected chi connectivity index (χ2v) is 4.61. The number of aliphatic imine (C=N–C) groups is 1. The third kappa shape index (κ3) is 3.32. The molecule has 15 heavy (non-hydrogen) atoms. The van der Waals surface area contributed by atoms with Gasteiger partial charge in [0.25, 0.3) is 0 Å². The van der Waals surface area contributed by atoms with Gasteiger partial charge in [-0.25, -0.2) is 8.78 Å². The number of nitrogens with two attached hydrogens (primary N) is 1. The standard InChI is InChI=1S/C10H17F2N3/c11-10(12)4-3-7(5-10)6-14-9(13)15-8-1-2-8/h7-8H,1-6H2,(H3,13,14,15). The van der Waals surface area contributed by atoms with E-state index in [0.29, 0.717) is 25.0 Å². The molecule has 86 valence electrons. The largest absolute Gasteiger partial charge is 0.370 e. The lowest BCUT2D eigenvalue weighted by Gasteiger charge is -2.09. The number of guanidine groups is 1. The fourth-order valence-electron chi connectivity index (χ4n) is 1.91. The lowest BCUT2D eigenvalue weighted by molar-refractivity contribution is 0.00542. The van der Waals surface area contributed by atoms with Gasteiger partial charge >= 0.3 is 0 Å². The first kappa shape index (κ1) is 10.6. The Bertz CT molecular complexity index is 261. The average molecular weight is 217 g/mol. The van der Waals surface area contributed by atoms with E-state index in [0.717, 1.165) is 12.8 Å². The van der Waals surface area contributed by atoms with Gasteiger partial charge in [0, 0.05) is 25.4 Å². The molecule has 1 atom stereocenters. The van der Waals surface area contributed by atoms with Crippen LogP contribution in [0.25, 0.3) is 0 Å². The van der Waals surface area contributed by atoms with Gasteiger partial charge in [0.15, 0.2) is 5.96 Å². The molecule has 0 amide bonds. The summed E-state index contributed by atoms with van der Waals surface area (Å²) in [6.45, 7) is 0.432. The van der Waals surface area contributed by atoms with Crippen molar-refractivity contribution in [2.75, 3.05) is 6.54 Å². The van der Waals surface area contributed by atoms with Gasteiger partial charge in [0.05, 0.1) is 0 Å². The van der Waals surface area contributed by atoms with Crippen molar-refractivity contribution in [1.82, 2.24) is 5.32 Å². The van der Waals surface area contributed by atoms with Crippen LogP contribution in [-0.4, -0.2) is 24.5 Å². The van der Waals surface area contributed by atoms with Crippen LogP contribution in [0.4, 0.5) is 8.78 Å². The van der Waals surface area contributed by atoms with Crippen molar-refractivity contribution in [3.63, 3.8) is 0 Å². The third-order valence-corrected chi connectivity index (χ3v) is 2.95. The van der Waals surface area contributed by atoms with Crippen molar-refractivity contribution in [1.29, 1.82) is 0 Å². The summed E-state index contributed by atoms with van der Waals surface area (Å²) in [5, 5.41) is 3.04. The molecule has 0 aliphatic heterocycles. The zero-order valence-corrected chi connectivity index (χ0v) is 8.68. The van der Waals surface area contributed by atoms with Crippen LogP contribution in [0, 0.1) is 5.92 Å². The zero-order chi connectivity index (χ0) is 10.9. The van der Waals surface area contributed by atoms with E-state index < -0.39 is 5.92 Å². The van der Waals surface area contributed by atoms with E-state index in [1.807, 2.05) is 0 Å². The molecular formula is C10H17F2N3. The summed E-state index contributed by atoms with van der Waals surface area (Å²) >= 11 is 0.